The molecule has 6 rings (SSSR count). The Morgan fingerprint density at radius 1 is 1.08 bits per heavy atom. The second-order valence-electron chi connectivity index (χ2n) is 10.9. The zero-order valence-corrected chi connectivity index (χ0v) is 22.0. The first-order valence-electron chi connectivity index (χ1n) is 13.1. The highest BCUT2D eigenvalue weighted by atomic mass is 32.2. The number of hydrogen-bond donors (Lipinski definition) is 3. The first-order chi connectivity index (χ1) is 18.2. The molecule has 0 amide bonds. The molecule has 0 bridgehead atoms. The van der Waals surface area contributed by atoms with Crippen LogP contribution in [0, 0.1) is 5.92 Å². The molecule has 0 radical (unpaired) electrons. The van der Waals surface area contributed by atoms with Crippen LogP contribution in [0.3, 0.4) is 0 Å². The molecule has 3 aliphatic rings. The standard InChI is InChI=1S/C26H31N7O4S/c1-26(35)9-6-18(7-10-26)30-21-12-23(28-14-20(21)24(34)16-2-3-16)31-22-8-11-27-25(32-22)17-13-29-33(15-17)38(36,37)19-4-5-19/h8,11-16,18-19,35H,2-7,9-10H2,1H3,(H2,27,28,30,31,32). The van der Waals surface area contributed by atoms with Gasteiger partial charge in [-0.2, -0.15) is 9.19 Å². The fourth-order valence-electron chi connectivity index (χ4n) is 4.79. The highest BCUT2D eigenvalue weighted by Crippen LogP contribution is 2.37. The number of anilines is 3. The molecule has 0 aliphatic heterocycles. The maximum atomic E-state index is 13.0. The minimum atomic E-state index is -3.47. The number of aromatic nitrogens is 5. The van der Waals surface area contributed by atoms with Gasteiger partial charge in [-0.1, -0.05) is 0 Å². The molecule has 3 aliphatic carbocycles. The number of nitrogens with one attached hydrogen (secondary N) is 2. The van der Waals surface area contributed by atoms with E-state index in [4.69, 9.17) is 0 Å². The third kappa shape index (κ3) is 5.28. The summed E-state index contributed by atoms with van der Waals surface area (Å²) in [7, 11) is -3.47. The van der Waals surface area contributed by atoms with Crippen molar-refractivity contribution in [3.05, 3.63) is 42.5 Å². The molecule has 0 unspecified atom stereocenters. The van der Waals surface area contributed by atoms with Crippen molar-refractivity contribution in [2.45, 2.75) is 75.2 Å². The van der Waals surface area contributed by atoms with E-state index in [1.54, 1.807) is 18.5 Å². The first kappa shape index (κ1) is 24.9. The Morgan fingerprint density at radius 3 is 2.55 bits per heavy atom. The molecule has 3 fully saturated rings. The normalized spacial score (nSPS) is 23.7. The number of aliphatic hydroxyl groups is 1. The maximum absolute atomic E-state index is 13.0. The Balaban J connectivity index is 1.22. The number of nitrogens with zero attached hydrogens (tertiary/aromatic N) is 5. The summed E-state index contributed by atoms with van der Waals surface area (Å²) in [6.45, 7) is 1.87. The molecule has 3 heterocycles. The van der Waals surface area contributed by atoms with Crippen molar-refractivity contribution >= 4 is 33.1 Å². The van der Waals surface area contributed by atoms with Gasteiger partial charge in [-0.3, -0.25) is 4.79 Å². The molecule has 3 aromatic rings. The Labute approximate surface area is 221 Å². The minimum absolute atomic E-state index is 0.0670. The summed E-state index contributed by atoms with van der Waals surface area (Å²) in [5.74, 6) is 1.50. The van der Waals surface area contributed by atoms with Crippen molar-refractivity contribution in [1.29, 1.82) is 0 Å². The first-order valence-corrected chi connectivity index (χ1v) is 14.6. The van der Waals surface area contributed by atoms with E-state index in [9.17, 15) is 18.3 Å². The number of hydrogen-bond acceptors (Lipinski definition) is 10. The van der Waals surface area contributed by atoms with Gasteiger partial charge in [-0.05, 0) is 64.4 Å². The topological polar surface area (TPSA) is 152 Å². The van der Waals surface area contributed by atoms with Gasteiger partial charge in [-0.15, -0.1) is 0 Å². The molecule has 11 nitrogen and oxygen atoms in total. The van der Waals surface area contributed by atoms with E-state index in [1.807, 2.05) is 13.0 Å². The van der Waals surface area contributed by atoms with Crippen molar-refractivity contribution in [2.75, 3.05) is 10.6 Å². The van der Waals surface area contributed by atoms with E-state index in [2.05, 4.69) is 30.7 Å². The Morgan fingerprint density at radius 2 is 1.84 bits per heavy atom. The van der Waals surface area contributed by atoms with Gasteiger partial charge in [0.05, 0.1) is 40.1 Å². The zero-order chi connectivity index (χ0) is 26.5. The number of carbonyl (C=O) groups excluding carboxylic acids is 1. The Bertz CT molecular complexity index is 1470. The molecule has 0 spiro atoms. The third-order valence-corrected chi connectivity index (χ3v) is 9.51. The SMILES string of the molecule is CC1(O)CCC(Nc2cc(Nc3ccnc(-c4cnn(S(=O)(=O)C5CC5)c4)n3)ncc2C(=O)C2CC2)CC1. The fraction of sp³-hybridized carbons (Fsp3) is 0.500. The largest absolute Gasteiger partial charge is 0.390 e. The lowest BCUT2D eigenvalue weighted by Gasteiger charge is -2.34. The molecule has 0 atom stereocenters. The molecular formula is C26H31N7O4S. The molecule has 200 valence electrons. The Hall–Kier alpha value is -3.38. The van der Waals surface area contributed by atoms with Crippen LogP contribution in [0.15, 0.2) is 36.9 Å². The van der Waals surface area contributed by atoms with Crippen molar-refractivity contribution in [1.82, 2.24) is 24.1 Å². The number of rotatable bonds is 9. The van der Waals surface area contributed by atoms with Gasteiger partial charge in [0.25, 0.3) is 10.0 Å². The van der Waals surface area contributed by atoms with Crippen molar-refractivity contribution in [3.8, 4) is 11.4 Å². The van der Waals surface area contributed by atoms with E-state index < -0.39 is 15.6 Å². The molecule has 38 heavy (non-hydrogen) atoms. The van der Waals surface area contributed by atoms with Crippen LogP contribution < -0.4 is 10.6 Å². The van der Waals surface area contributed by atoms with Gasteiger partial charge in [0.2, 0.25) is 0 Å². The molecule has 3 saturated carbocycles. The van der Waals surface area contributed by atoms with E-state index in [0.29, 0.717) is 54.3 Å². The van der Waals surface area contributed by atoms with E-state index in [0.717, 1.165) is 35.5 Å². The summed E-state index contributed by atoms with van der Waals surface area (Å²) < 4.78 is 25.9. The van der Waals surface area contributed by atoms with Crippen molar-refractivity contribution in [2.24, 2.45) is 5.92 Å². The summed E-state index contributed by atoms with van der Waals surface area (Å²) >= 11 is 0. The van der Waals surface area contributed by atoms with Crippen LogP contribution in [0.1, 0.15) is 68.6 Å². The number of ketones is 1. The van der Waals surface area contributed by atoms with Crippen LogP contribution in [0.2, 0.25) is 0 Å². The molecule has 12 heteroatoms. The quantitative estimate of drug-likeness (QED) is 0.346. The van der Waals surface area contributed by atoms with Crippen LogP contribution in [0.4, 0.5) is 17.3 Å². The van der Waals surface area contributed by atoms with Crippen LogP contribution in [-0.2, 0) is 10.0 Å². The van der Waals surface area contributed by atoms with Gasteiger partial charge in [0.15, 0.2) is 11.6 Å². The van der Waals surface area contributed by atoms with Gasteiger partial charge in [-0.25, -0.2) is 23.4 Å². The highest BCUT2D eigenvalue weighted by molar-refractivity contribution is 7.90. The number of Topliss-reactive ketones (excluding diaryl/α,β-unsaturated/α-hetero) is 1. The molecule has 0 aromatic carbocycles. The van der Waals surface area contributed by atoms with Crippen molar-refractivity contribution < 1.29 is 18.3 Å². The van der Waals surface area contributed by atoms with Gasteiger partial charge in [0.1, 0.15) is 11.6 Å². The summed E-state index contributed by atoms with van der Waals surface area (Å²) in [4.78, 5) is 26.2. The second-order valence-corrected chi connectivity index (χ2v) is 13.0. The van der Waals surface area contributed by atoms with Crippen molar-refractivity contribution in [3.63, 3.8) is 0 Å². The average molecular weight is 538 g/mol. The number of pyridine rings is 1. The highest BCUT2D eigenvalue weighted by Gasteiger charge is 2.38. The Kier molecular flexibility index (Phi) is 6.18. The number of carbonyl (C=O) groups is 1. The van der Waals surface area contributed by atoms with Crippen LogP contribution in [-0.4, -0.2) is 60.3 Å². The van der Waals surface area contributed by atoms with Crippen LogP contribution >= 0.6 is 0 Å². The lowest BCUT2D eigenvalue weighted by molar-refractivity contribution is 0.0196. The lowest BCUT2D eigenvalue weighted by Crippen LogP contribution is -2.36. The zero-order valence-electron chi connectivity index (χ0n) is 21.2. The summed E-state index contributed by atoms with van der Waals surface area (Å²) in [5.41, 5.74) is 1.17. The summed E-state index contributed by atoms with van der Waals surface area (Å²) in [5, 5.41) is 20.7. The molecular weight excluding hydrogens is 506 g/mol. The second kappa shape index (κ2) is 9.42. The van der Waals surface area contributed by atoms with E-state index >= 15 is 0 Å². The lowest BCUT2D eigenvalue weighted by atomic mass is 9.83. The van der Waals surface area contributed by atoms with Gasteiger partial charge >= 0.3 is 0 Å². The summed E-state index contributed by atoms with van der Waals surface area (Å²) in [6, 6.07) is 3.67. The van der Waals surface area contributed by atoms with Gasteiger partial charge < -0.3 is 15.7 Å². The fourth-order valence-corrected chi connectivity index (χ4v) is 6.26. The van der Waals surface area contributed by atoms with Gasteiger partial charge in [0, 0.05) is 30.4 Å². The predicted octanol–water partition coefficient (Wildman–Crippen LogP) is 3.52. The summed E-state index contributed by atoms with van der Waals surface area (Å²) in [6.07, 6.45) is 12.2. The third-order valence-electron chi connectivity index (χ3n) is 7.48. The van der Waals surface area contributed by atoms with Crippen LogP contribution in [0.5, 0.6) is 0 Å². The predicted molar refractivity (Wildman–Crippen MR) is 142 cm³/mol. The molecule has 3 N–H and O–H groups in total. The molecule has 3 aromatic heterocycles. The van der Waals surface area contributed by atoms with E-state index in [1.165, 1.54) is 12.4 Å². The minimum Gasteiger partial charge on any atom is -0.390 e. The monoisotopic (exact) mass is 537 g/mol. The van der Waals surface area contributed by atoms with E-state index in [-0.39, 0.29) is 23.0 Å². The smallest absolute Gasteiger partial charge is 0.256 e. The molecule has 0 saturated heterocycles. The maximum Gasteiger partial charge on any atom is 0.256 e. The average Bonchev–Trinajstić information content (AvgIpc) is 3.83. The van der Waals surface area contributed by atoms with Crippen LogP contribution in [0.25, 0.3) is 11.4 Å².